The fourth-order valence-electron chi connectivity index (χ4n) is 3.27. The Balaban J connectivity index is 1.59. The highest BCUT2D eigenvalue weighted by Crippen LogP contribution is 2.43. The van der Waals surface area contributed by atoms with E-state index >= 15 is 0 Å². The molecule has 3 heterocycles. The van der Waals surface area contributed by atoms with Gasteiger partial charge in [-0.1, -0.05) is 34.1 Å². The number of carbonyl (C=O) groups is 1. The topological polar surface area (TPSA) is 59.0 Å². The van der Waals surface area contributed by atoms with E-state index in [0.29, 0.717) is 6.54 Å². The van der Waals surface area contributed by atoms with Crippen LogP contribution in [0.2, 0.25) is 0 Å². The lowest BCUT2D eigenvalue weighted by Crippen LogP contribution is -2.35. The van der Waals surface area contributed by atoms with E-state index in [-0.39, 0.29) is 17.9 Å². The molecule has 1 amide bonds. The lowest BCUT2D eigenvalue weighted by atomic mass is 9.97. The Morgan fingerprint density at radius 3 is 2.72 bits per heavy atom. The van der Waals surface area contributed by atoms with Crippen molar-refractivity contribution in [2.75, 3.05) is 5.32 Å². The molecule has 4 rings (SSSR count). The van der Waals surface area contributed by atoms with Crippen LogP contribution in [0, 0.1) is 0 Å². The minimum absolute atomic E-state index is 0.0465. The van der Waals surface area contributed by atoms with Crippen molar-refractivity contribution < 1.29 is 18.0 Å². The first-order chi connectivity index (χ1) is 13.8. The first-order valence-electron chi connectivity index (χ1n) is 8.80. The molecular formula is C19H16BrF3N4OS. The minimum Gasteiger partial charge on any atom is -0.363 e. The molecule has 152 valence electrons. The number of hydrogen-bond acceptors (Lipinski definition) is 4. The molecule has 1 aliphatic rings. The molecule has 0 saturated heterocycles. The van der Waals surface area contributed by atoms with Gasteiger partial charge in [0.15, 0.2) is 11.7 Å². The maximum absolute atomic E-state index is 13.7. The zero-order valence-electron chi connectivity index (χ0n) is 14.9. The Kier molecular flexibility index (Phi) is 5.39. The van der Waals surface area contributed by atoms with Gasteiger partial charge in [0.25, 0.3) is 5.91 Å². The van der Waals surface area contributed by atoms with E-state index in [1.54, 1.807) is 24.3 Å². The number of halogens is 4. The van der Waals surface area contributed by atoms with Crippen LogP contribution in [-0.2, 0) is 6.54 Å². The van der Waals surface area contributed by atoms with Crippen LogP contribution in [0.15, 0.2) is 52.3 Å². The summed E-state index contributed by atoms with van der Waals surface area (Å²) in [6.07, 6.45) is -4.70. The van der Waals surface area contributed by atoms with E-state index in [9.17, 15) is 18.0 Å². The number of amides is 1. The molecule has 29 heavy (non-hydrogen) atoms. The molecule has 0 bridgehead atoms. The van der Waals surface area contributed by atoms with Crippen molar-refractivity contribution in [2.45, 2.75) is 31.2 Å². The zero-order valence-corrected chi connectivity index (χ0v) is 17.3. The molecule has 0 radical (unpaired) electrons. The van der Waals surface area contributed by atoms with Crippen molar-refractivity contribution in [1.82, 2.24) is 15.1 Å². The van der Waals surface area contributed by atoms with Gasteiger partial charge >= 0.3 is 6.18 Å². The standard InChI is InChI=1S/C19H16BrF3N4OS/c20-12-5-3-11(4-6-12)14-8-16(19(21,22)23)27-17(25-14)9-15(26-27)18(28)24-10-13-2-1-7-29-13/h1-7,9,14,16,25H,8,10H2,(H,24,28)/t14-,16-/m0/s1. The summed E-state index contributed by atoms with van der Waals surface area (Å²) in [5.41, 5.74) is 0.688. The second-order valence-electron chi connectivity index (χ2n) is 6.66. The van der Waals surface area contributed by atoms with E-state index in [4.69, 9.17) is 0 Å². The molecular weight excluding hydrogens is 469 g/mol. The summed E-state index contributed by atoms with van der Waals surface area (Å²) < 4.78 is 42.9. The van der Waals surface area contributed by atoms with Gasteiger partial charge in [0, 0.05) is 21.8 Å². The van der Waals surface area contributed by atoms with Crippen molar-refractivity contribution in [1.29, 1.82) is 0 Å². The van der Waals surface area contributed by atoms with E-state index in [0.717, 1.165) is 19.6 Å². The van der Waals surface area contributed by atoms with E-state index < -0.39 is 24.2 Å². The van der Waals surface area contributed by atoms with Crippen molar-refractivity contribution in [3.05, 3.63) is 68.5 Å². The molecule has 0 fully saturated rings. The second-order valence-corrected chi connectivity index (χ2v) is 8.61. The molecule has 1 aromatic carbocycles. The second kappa shape index (κ2) is 7.83. The molecule has 0 aliphatic carbocycles. The number of thiophene rings is 1. The lowest BCUT2D eigenvalue weighted by molar-refractivity contribution is -0.173. The first-order valence-corrected chi connectivity index (χ1v) is 10.5. The van der Waals surface area contributed by atoms with Gasteiger partial charge in [0.05, 0.1) is 12.6 Å². The summed E-state index contributed by atoms with van der Waals surface area (Å²) in [6, 6.07) is 9.87. The van der Waals surface area contributed by atoms with Crippen molar-refractivity contribution in [3.63, 3.8) is 0 Å². The smallest absolute Gasteiger partial charge is 0.363 e. The summed E-state index contributed by atoms with van der Waals surface area (Å²) in [6.45, 7) is 0.302. The summed E-state index contributed by atoms with van der Waals surface area (Å²) in [5, 5.41) is 11.6. The summed E-state index contributed by atoms with van der Waals surface area (Å²) in [4.78, 5) is 13.4. The number of hydrogen-bond donors (Lipinski definition) is 2. The van der Waals surface area contributed by atoms with Gasteiger partial charge in [-0.2, -0.15) is 18.3 Å². The van der Waals surface area contributed by atoms with Crippen LogP contribution in [-0.4, -0.2) is 21.9 Å². The monoisotopic (exact) mass is 484 g/mol. The van der Waals surface area contributed by atoms with Crippen LogP contribution in [0.1, 0.15) is 39.4 Å². The van der Waals surface area contributed by atoms with Crippen LogP contribution in [0.25, 0.3) is 0 Å². The Bertz CT molecular complexity index is 1000. The Morgan fingerprint density at radius 2 is 2.07 bits per heavy atom. The van der Waals surface area contributed by atoms with Crippen LogP contribution < -0.4 is 10.6 Å². The van der Waals surface area contributed by atoms with Gasteiger partial charge in [-0.15, -0.1) is 11.3 Å². The van der Waals surface area contributed by atoms with Gasteiger partial charge in [0.1, 0.15) is 5.82 Å². The van der Waals surface area contributed by atoms with Crippen molar-refractivity contribution >= 4 is 39.0 Å². The van der Waals surface area contributed by atoms with Gasteiger partial charge in [-0.05, 0) is 29.1 Å². The van der Waals surface area contributed by atoms with Gasteiger partial charge < -0.3 is 10.6 Å². The third-order valence-electron chi connectivity index (χ3n) is 4.70. The Hall–Kier alpha value is -2.33. The molecule has 2 atom stereocenters. The largest absolute Gasteiger partial charge is 0.410 e. The van der Waals surface area contributed by atoms with Crippen LogP contribution >= 0.6 is 27.3 Å². The number of carbonyl (C=O) groups excluding carboxylic acids is 1. The highest BCUT2D eigenvalue weighted by molar-refractivity contribution is 9.10. The maximum atomic E-state index is 13.7. The number of nitrogens with zero attached hydrogens (tertiary/aromatic N) is 2. The van der Waals surface area contributed by atoms with Crippen molar-refractivity contribution in [2.24, 2.45) is 0 Å². The third-order valence-corrected chi connectivity index (χ3v) is 6.10. The van der Waals surface area contributed by atoms with E-state index in [1.165, 1.54) is 17.4 Å². The van der Waals surface area contributed by atoms with Crippen LogP contribution in [0.4, 0.5) is 19.0 Å². The Labute approximate surface area is 177 Å². The van der Waals surface area contributed by atoms with Gasteiger partial charge in [0.2, 0.25) is 0 Å². The lowest BCUT2D eigenvalue weighted by Gasteiger charge is -2.33. The fraction of sp³-hybridized carbons (Fsp3) is 0.263. The number of anilines is 1. The average molecular weight is 485 g/mol. The normalized spacial score (nSPS) is 18.8. The highest BCUT2D eigenvalue weighted by Gasteiger charge is 2.46. The number of benzene rings is 1. The quantitative estimate of drug-likeness (QED) is 0.528. The molecule has 2 aromatic heterocycles. The molecule has 5 nitrogen and oxygen atoms in total. The molecule has 0 unspecified atom stereocenters. The average Bonchev–Trinajstić information content (AvgIpc) is 3.34. The summed E-state index contributed by atoms with van der Waals surface area (Å²) in [5.74, 6) is -0.337. The number of nitrogens with one attached hydrogen (secondary N) is 2. The van der Waals surface area contributed by atoms with E-state index in [2.05, 4.69) is 31.7 Å². The number of aromatic nitrogens is 2. The SMILES string of the molecule is O=C(NCc1cccs1)c1cc2n(n1)[C@H](C(F)(F)F)C[C@@H](c1ccc(Br)cc1)N2. The summed E-state index contributed by atoms with van der Waals surface area (Å²) >= 11 is 4.81. The molecule has 1 aliphatic heterocycles. The predicted molar refractivity (Wildman–Crippen MR) is 108 cm³/mol. The van der Waals surface area contributed by atoms with Gasteiger partial charge in [-0.3, -0.25) is 4.79 Å². The zero-order chi connectivity index (χ0) is 20.6. The number of rotatable bonds is 4. The Morgan fingerprint density at radius 1 is 1.31 bits per heavy atom. The fourth-order valence-corrected chi connectivity index (χ4v) is 4.18. The maximum Gasteiger partial charge on any atom is 0.410 e. The third kappa shape index (κ3) is 4.32. The molecule has 0 saturated carbocycles. The molecule has 0 spiro atoms. The van der Waals surface area contributed by atoms with Crippen LogP contribution in [0.5, 0.6) is 0 Å². The first kappa shape index (κ1) is 20.0. The summed E-state index contributed by atoms with van der Waals surface area (Å²) in [7, 11) is 0. The molecule has 10 heteroatoms. The van der Waals surface area contributed by atoms with Gasteiger partial charge in [-0.25, -0.2) is 4.68 Å². The highest BCUT2D eigenvalue weighted by atomic mass is 79.9. The van der Waals surface area contributed by atoms with E-state index in [1.807, 2.05) is 17.5 Å². The number of fused-ring (bicyclic) bond motifs is 1. The predicted octanol–water partition coefficient (Wildman–Crippen LogP) is 5.30. The number of alkyl halides is 3. The minimum atomic E-state index is -4.48. The molecule has 2 N–H and O–H groups in total. The molecule has 3 aromatic rings. The van der Waals surface area contributed by atoms with Crippen LogP contribution in [0.3, 0.4) is 0 Å². The van der Waals surface area contributed by atoms with Crippen molar-refractivity contribution in [3.8, 4) is 0 Å².